The van der Waals surface area contributed by atoms with Gasteiger partial charge in [-0.05, 0) is 53.9 Å². The van der Waals surface area contributed by atoms with Crippen molar-refractivity contribution in [2.24, 2.45) is 15.7 Å². The Kier molecular flexibility index (Phi) is 7.99. The van der Waals surface area contributed by atoms with E-state index in [-0.39, 0.29) is 16.9 Å². The molecule has 0 amide bonds. The molecule has 0 saturated heterocycles. The molecule has 6 N–H and O–H groups in total. The molecule has 2 aromatic carbocycles. The van der Waals surface area contributed by atoms with Crippen molar-refractivity contribution in [2.45, 2.75) is 13.8 Å². The molecule has 2 aromatic rings. The van der Waals surface area contributed by atoms with Gasteiger partial charge in [-0.3, -0.25) is 0 Å². The first-order valence-corrected chi connectivity index (χ1v) is 9.27. The van der Waals surface area contributed by atoms with Crippen LogP contribution in [-0.4, -0.2) is 58.2 Å². The van der Waals surface area contributed by atoms with E-state index in [0.717, 1.165) is 11.1 Å². The van der Waals surface area contributed by atoms with Crippen LogP contribution in [0.5, 0.6) is 11.5 Å². The minimum absolute atomic E-state index is 0.120. The summed E-state index contributed by atoms with van der Waals surface area (Å²) in [6, 6.07) is 12.9. The highest BCUT2D eigenvalue weighted by Crippen LogP contribution is 2.14. The third-order valence-corrected chi connectivity index (χ3v) is 4.43. The van der Waals surface area contributed by atoms with Crippen molar-refractivity contribution in [2.75, 3.05) is 26.2 Å². The number of aromatic hydroxyl groups is 2. The average Bonchev–Trinajstić information content (AvgIpc) is 2.70. The minimum Gasteiger partial charge on any atom is -0.508 e. The second kappa shape index (κ2) is 10.4. The van der Waals surface area contributed by atoms with Gasteiger partial charge in [0, 0.05) is 37.3 Å². The quantitative estimate of drug-likeness (QED) is 0.206. The predicted molar refractivity (Wildman–Crippen MR) is 112 cm³/mol. The van der Waals surface area contributed by atoms with E-state index in [9.17, 15) is 20.6 Å². The summed E-state index contributed by atoms with van der Waals surface area (Å²) in [4.78, 5) is 0. The minimum atomic E-state index is -0.120. The van der Waals surface area contributed by atoms with Crippen LogP contribution < -0.4 is 10.6 Å². The largest absolute Gasteiger partial charge is 0.508 e. The second-order valence-corrected chi connectivity index (χ2v) is 7.56. The maximum absolute atomic E-state index is 9.36. The van der Waals surface area contributed by atoms with Crippen LogP contribution in [0.15, 0.2) is 58.8 Å². The van der Waals surface area contributed by atoms with Gasteiger partial charge < -0.3 is 31.3 Å². The molecule has 0 aliphatic carbocycles. The van der Waals surface area contributed by atoms with Crippen molar-refractivity contribution in [1.82, 2.24) is 10.6 Å². The topological polar surface area (TPSA) is 130 Å². The smallest absolute Gasteiger partial charge is 0.115 e. The molecule has 29 heavy (non-hydrogen) atoms. The lowest BCUT2D eigenvalue weighted by Crippen LogP contribution is -2.41. The Morgan fingerprint density at radius 1 is 0.724 bits per heavy atom. The van der Waals surface area contributed by atoms with Gasteiger partial charge in [-0.1, -0.05) is 24.2 Å². The fraction of sp³-hybridized carbons (Fsp3) is 0.333. The van der Waals surface area contributed by atoms with Crippen molar-refractivity contribution in [3.8, 4) is 11.5 Å². The SMILES string of the molecule is CC(C)(CNC/C(=N/O)c1ccc(O)cc1)CNC/C(=N/O)c1ccc(O)cc1. The molecule has 2 rings (SSSR count). The summed E-state index contributed by atoms with van der Waals surface area (Å²) in [7, 11) is 0. The number of oxime groups is 2. The molecule has 0 saturated carbocycles. The number of hydrogen-bond donors (Lipinski definition) is 6. The highest BCUT2D eigenvalue weighted by molar-refractivity contribution is 6.02. The second-order valence-electron chi connectivity index (χ2n) is 7.56. The Labute approximate surface area is 170 Å². The first-order chi connectivity index (χ1) is 13.8. The first-order valence-electron chi connectivity index (χ1n) is 9.27. The van der Waals surface area contributed by atoms with Gasteiger partial charge in [0.2, 0.25) is 0 Å². The first kappa shape index (κ1) is 22.2. The molecule has 8 heteroatoms. The Hall–Kier alpha value is -3.10. The van der Waals surface area contributed by atoms with Crippen LogP contribution in [0.1, 0.15) is 25.0 Å². The van der Waals surface area contributed by atoms with Crippen molar-refractivity contribution in [3.63, 3.8) is 0 Å². The molecular formula is C21H28N4O4. The van der Waals surface area contributed by atoms with Crippen LogP contribution >= 0.6 is 0 Å². The number of benzene rings is 2. The van der Waals surface area contributed by atoms with E-state index in [0.29, 0.717) is 37.6 Å². The molecular weight excluding hydrogens is 372 g/mol. The van der Waals surface area contributed by atoms with E-state index >= 15 is 0 Å². The molecule has 0 atom stereocenters. The van der Waals surface area contributed by atoms with Crippen LogP contribution in [0.3, 0.4) is 0 Å². The van der Waals surface area contributed by atoms with E-state index in [1.54, 1.807) is 48.5 Å². The Morgan fingerprint density at radius 2 is 1.07 bits per heavy atom. The zero-order valence-corrected chi connectivity index (χ0v) is 16.6. The van der Waals surface area contributed by atoms with Gasteiger partial charge >= 0.3 is 0 Å². The van der Waals surface area contributed by atoms with E-state index < -0.39 is 0 Å². The van der Waals surface area contributed by atoms with Crippen LogP contribution in [0.2, 0.25) is 0 Å². The average molecular weight is 400 g/mol. The van der Waals surface area contributed by atoms with Gasteiger partial charge in [-0.15, -0.1) is 0 Å². The van der Waals surface area contributed by atoms with Crippen molar-refractivity contribution >= 4 is 11.4 Å². The predicted octanol–water partition coefficient (Wildman–Crippen LogP) is 2.36. The summed E-state index contributed by atoms with van der Waals surface area (Å²) < 4.78 is 0. The van der Waals surface area contributed by atoms with Crippen LogP contribution in [0, 0.1) is 5.41 Å². The zero-order chi connectivity index (χ0) is 21.3. The molecule has 0 bridgehead atoms. The molecule has 8 nitrogen and oxygen atoms in total. The number of phenolic OH excluding ortho intramolecular Hbond substituents is 2. The summed E-state index contributed by atoms with van der Waals surface area (Å²) in [5, 5.41) is 50.5. The van der Waals surface area contributed by atoms with Gasteiger partial charge in [-0.25, -0.2) is 0 Å². The normalized spacial score (nSPS) is 12.9. The lowest BCUT2D eigenvalue weighted by atomic mass is 9.93. The van der Waals surface area contributed by atoms with Gasteiger partial charge in [-0.2, -0.15) is 0 Å². The summed E-state index contributed by atoms with van der Waals surface area (Å²) in [6.45, 7) is 6.23. The van der Waals surface area contributed by atoms with Crippen molar-refractivity contribution in [3.05, 3.63) is 59.7 Å². The maximum Gasteiger partial charge on any atom is 0.115 e. The molecule has 0 radical (unpaired) electrons. The van der Waals surface area contributed by atoms with E-state index in [4.69, 9.17) is 0 Å². The molecule has 0 spiro atoms. The number of hydrogen-bond acceptors (Lipinski definition) is 8. The molecule has 0 aliphatic rings. The van der Waals surface area contributed by atoms with Gasteiger partial charge in [0.1, 0.15) is 22.9 Å². The lowest BCUT2D eigenvalue weighted by Gasteiger charge is -2.26. The number of phenols is 2. The molecule has 0 heterocycles. The van der Waals surface area contributed by atoms with Crippen LogP contribution in [-0.2, 0) is 0 Å². The van der Waals surface area contributed by atoms with E-state index in [1.165, 1.54) is 0 Å². The fourth-order valence-electron chi connectivity index (χ4n) is 2.80. The van der Waals surface area contributed by atoms with Gasteiger partial charge in [0.15, 0.2) is 0 Å². The van der Waals surface area contributed by atoms with E-state index in [2.05, 4.69) is 34.8 Å². The summed E-state index contributed by atoms with van der Waals surface area (Å²) in [5.41, 5.74) is 2.30. The molecule has 0 aromatic heterocycles. The lowest BCUT2D eigenvalue weighted by molar-refractivity contribution is 0.312. The maximum atomic E-state index is 9.36. The van der Waals surface area contributed by atoms with Crippen molar-refractivity contribution in [1.29, 1.82) is 0 Å². The summed E-state index contributed by atoms with van der Waals surface area (Å²) in [5.74, 6) is 0.314. The standard InChI is InChI=1S/C21H28N4O4/c1-21(2,13-22-11-19(24-28)15-3-7-17(26)8-4-15)14-23-12-20(25-29)16-5-9-18(27)10-6-16/h3-10,22-23,26-29H,11-14H2,1-2H3/b24-19-,25-20-. The molecule has 156 valence electrons. The van der Waals surface area contributed by atoms with Gasteiger partial charge in [0.05, 0.1) is 0 Å². The molecule has 0 fully saturated rings. The Balaban J connectivity index is 1.80. The number of nitrogens with one attached hydrogen (secondary N) is 2. The third-order valence-electron chi connectivity index (χ3n) is 4.43. The fourth-order valence-corrected chi connectivity index (χ4v) is 2.80. The molecule has 0 aliphatic heterocycles. The highest BCUT2D eigenvalue weighted by atomic mass is 16.4. The monoisotopic (exact) mass is 400 g/mol. The van der Waals surface area contributed by atoms with Crippen molar-refractivity contribution < 1.29 is 20.6 Å². The summed E-state index contributed by atoms with van der Waals surface area (Å²) in [6.07, 6.45) is 0. The van der Waals surface area contributed by atoms with Crippen LogP contribution in [0.25, 0.3) is 0 Å². The molecule has 0 unspecified atom stereocenters. The zero-order valence-electron chi connectivity index (χ0n) is 16.6. The highest BCUT2D eigenvalue weighted by Gasteiger charge is 2.18. The third kappa shape index (κ3) is 7.10. The van der Waals surface area contributed by atoms with Gasteiger partial charge in [0.25, 0.3) is 0 Å². The number of nitrogens with zero attached hydrogens (tertiary/aromatic N) is 2. The number of rotatable bonds is 10. The Bertz CT molecular complexity index is 761. The van der Waals surface area contributed by atoms with E-state index in [1.807, 2.05) is 0 Å². The van der Waals surface area contributed by atoms with Crippen LogP contribution in [0.4, 0.5) is 0 Å². The summed E-state index contributed by atoms with van der Waals surface area (Å²) >= 11 is 0. The Morgan fingerprint density at radius 3 is 1.38 bits per heavy atom.